The van der Waals surface area contributed by atoms with Crippen LogP contribution in [0.1, 0.15) is 64.1 Å². The smallest absolute Gasteiger partial charge is 0.317 e. The van der Waals surface area contributed by atoms with Crippen molar-refractivity contribution in [2.75, 3.05) is 26.3 Å². The molecule has 1 aliphatic heterocycles. The first-order valence-electron chi connectivity index (χ1n) is 9.38. The third-order valence-corrected chi connectivity index (χ3v) is 4.54. The zero-order valence-electron chi connectivity index (χ0n) is 15.6. The summed E-state index contributed by atoms with van der Waals surface area (Å²) < 4.78 is 11.1. The molecule has 0 bridgehead atoms. The highest BCUT2D eigenvalue weighted by molar-refractivity contribution is 5.75. The number of rotatable bonds is 6. The maximum Gasteiger partial charge on any atom is 0.317 e. The number of carbonyl (C=O) groups is 1. The van der Waals surface area contributed by atoms with E-state index in [1.54, 1.807) is 0 Å². The Kier molecular flexibility index (Phi) is 5.61. The van der Waals surface area contributed by atoms with Gasteiger partial charge in [-0.15, -0.1) is 0 Å². The van der Waals surface area contributed by atoms with Crippen LogP contribution < -0.4 is 5.32 Å². The van der Waals surface area contributed by atoms with Crippen LogP contribution >= 0.6 is 0 Å². The number of likely N-dealkylation sites (tertiary alicyclic amines) is 1. The second-order valence-corrected chi connectivity index (χ2v) is 8.28. The fourth-order valence-corrected chi connectivity index (χ4v) is 3.00. The van der Waals surface area contributed by atoms with Gasteiger partial charge in [-0.1, -0.05) is 5.16 Å². The van der Waals surface area contributed by atoms with Gasteiger partial charge >= 0.3 is 6.03 Å². The standard InChI is InChI=1S/C18H30N4O3/c1-18(2,3)20-17(23)22-9-4-5-14(11-22)16-19-15(21-25-16)8-10-24-12-13-6-7-13/h13-14H,4-12H2,1-3H3,(H,20,23). The molecule has 0 radical (unpaired) electrons. The van der Waals surface area contributed by atoms with Crippen LogP contribution in [0.25, 0.3) is 0 Å². The summed E-state index contributed by atoms with van der Waals surface area (Å²) in [6.07, 6.45) is 5.20. The summed E-state index contributed by atoms with van der Waals surface area (Å²) in [6.45, 7) is 8.85. The fraction of sp³-hybridized carbons (Fsp3) is 0.833. The molecule has 2 fully saturated rings. The largest absolute Gasteiger partial charge is 0.381 e. The number of nitrogens with one attached hydrogen (secondary N) is 1. The number of hydrogen-bond donors (Lipinski definition) is 1. The molecule has 0 spiro atoms. The molecular formula is C18H30N4O3. The van der Waals surface area contributed by atoms with Crippen LogP contribution in [0.2, 0.25) is 0 Å². The minimum absolute atomic E-state index is 0.0228. The molecule has 7 heteroatoms. The molecule has 1 aliphatic carbocycles. The number of aromatic nitrogens is 2. The first-order chi connectivity index (χ1) is 11.9. The van der Waals surface area contributed by atoms with E-state index < -0.39 is 0 Å². The van der Waals surface area contributed by atoms with Crippen molar-refractivity contribution < 1.29 is 14.1 Å². The fourth-order valence-electron chi connectivity index (χ4n) is 3.00. The van der Waals surface area contributed by atoms with Crippen LogP contribution in [-0.4, -0.2) is 52.9 Å². The minimum Gasteiger partial charge on any atom is -0.381 e. The molecule has 0 aromatic carbocycles. The first-order valence-corrected chi connectivity index (χ1v) is 9.38. The normalized spacial score (nSPS) is 21.4. The van der Waals surface area contributed by atoms with Gasteiger partial charge in [0.25, 0.3) is 0 Å². The van der Waals surface area contributed by atoms with Crippen molar-refractivity contribution in [3.8, 4) is 0 Å². The van der Waals surface area contributed by atoms with Crippen molar-refractivity contribution >= 4 is 6.03 Å². The summed E-state index contributed by atoms with van der Waals surface area (Å²) in [6, 6.07) is -0.0228. The molecule has 1 aromatic rings. The quantitative estimate of drug-likeness (QED) is 0.798. The van der Waals surface area contributed by atoms with E-state index in [-0.39, 0.29) is 17.5 Å². The Morgan fingerprint density at radius 1 is 1.36 bits per heavy atom. The van der Waals surface area contributed by atoms with E-state index in [1.807, 2.05) is 25.7 Å². The lowest BCUT2D eigenvalue weighted by atomic mass is 9.98. The molecule has 2 amide bonds. The summed E-state index contributed by atoms with van der Waals surface area (Å²) in [5, 5.41) is 7.09. The molecule has 1 atom stereocenters. The van der Waals surface area contributed by atoms with E-state index >= 15 is 0 Å². The van der Waals surface area contributed by atoms with Gasteiger partial charge in [0.1, 0.15) is 0 Å². The van der Waals surface area contributed by atoms with Crippen molar-refractivity contribution in [2.24, 2.45) is 5.92 Å². The summed E-state index contributed by atoms with van der Waals surface area (Å²) >= 11 is 0. The molecule has 3 rings (SSSR count). The molecule has 2 heterocycles. The zero-order valence-corrected chi connectivity index (χ0v) is 15.6. The van der Waals surface area contributed by atoms with Crippen LogP contribution in [0.5, 0.6) is 0 Å². The van der Waals surface area contributed by atoms with Crippen LogP contribution in [-0.2, 0) is 11.2 Å². The minimum atomic E-state index is -0.234. The predicted molar refractivity (Wildman–Crippen MR) is 93.4 cm³/mol. The van der Waals surface area contributed by atoms with E-state index in [0.717, 1.165) is 31.9 Å². The van der Waals surface area contributed by atoms with E-state index in [1.165, 1.54) is 12.8 Å². The Morgan fingerprint density at radius 2 is 2.16 bits per heavy atom. The number of amides is 2. The summed E-state index contributed by atoms with van der Waals surface area (Å²) in [4.78, 5) is 18.7. The van der Waals surface area contributed by atoms with Gasteiger partial charge in [0, 0.05) is 31.7 Å². The average Bonchev–Trinajstić information content (AvgIpc) is 3.26. The second kappa shape index (κ2) is 7.72. The van der Waals surface area contributed by atoms with Gasteiger partial charge in [0.2, 0.25) is 5.89 Å². The number of urea groups is 1. The van der Waals surface area contributed by atoms with Gasteiger partial charge in [-0.05, 0) is 52.4 Å². The maximum absolute atomic E-state index is 12.4. The van der Waals surface area contributed by atoms with Crippen molar-refractivity contribution in [1.82, 2.24) is 20.4 Å². The van der Waals surface area contributed by atoms with E-state index in [2.05, 4.69) is 15.5 Å². The number of nitrogens with zero attached hydrogens (tertiary/aromatic N) is 3. The Hall–Kier alpha value is -1.63. The van der Waals surface area contributed by atoms with Crippen LogP contribution in [0.15, 0.2) is 4.52 Å². The van der Waals surface area contributed by atoms with Crippen molar-refractivity contribution in [2.45, 2.75) is 64.3 Å². The number of carbonyl (C=O) groups excluding carboxylic acids is 1. The molecule has 1 unspecified atom stereocenters. The van der Waals surface area contributed by atoms with Crippen LogP contribution in [0.3, 0.4) is 0 Å². The third-order valence-electron chi connectivity index (χ3n) is 4.54. The lowest BCUT2D eigenvalue weighted by molar-refractivity contribution is 0.125. The molecule has 1 saturated carbocycles. The Balaban J connectivity index is 1.48. The molecule has 1 aromatic heterocycles. The first kappa shape index (κ1) is 18.2. The number of piperidine rings is 1. The maximum atomic E-state index is 12.4. The zero-order chi connectivity index (χ0) is 17.9. The molecular weight excluding hydrogens is 320 g/mol. The topological polar surface area (TPSA) is 80.5 Å². The number of hydrogen-bond acceptors (Lipinski definition) is 5. The Morgan fingerprint density at radius 3 is 2.88 bits per heavy atom. The molecule has 25 heavy (non-hydrogen) atoms. The Bertz CT molecular complexity index is 577. The monoisotopic (exact) mass is 350 g/mol. The van der Waals surface area contributed by atoms with Gasteiger partial charge in [-0.2, -0.15) is 4.98 Å². The van der Waals surface area contributed by atoms with Gasteiger partial charge in [-0.3, -0.25) is 0 Å². The third kappa shape index (κ3) is 5.70. The number of ether oxygens (including phenoxy) is 1. The SMILES string of the molecule is CC(C)(C)NC(=O)N1CCCC(c2nc(CCOCC3CC3)no2)C1. The lowest BCUT2D eigenvalue weighted by Gasteiger charge is -2.33. The highest BCUT2D eigenvalue weighted by Crippen LogP contribution is 2.29. The lowest BCUT2D eigenvalue weighted by Crippen LogP contribution is -2.51. The molecule has 140 valence electrons. The summed E-state index contributed by atoms with van der Waals surface area (Å²) in [5.74, 6) is 2.23. The summed E-state index contributed by atoms with van der Waals surface area (Å²) in [5.41, 5.74) is -0.234. The molecule has 7 nitrogen and oxygen atoms in total. The van der Waals surface area contributed by atoms with Gasteiger partial charge in [-0.25, -0.2) is 4.79 Å². The second-order valence-electron chi connectivity index (χ2n) is 8.28. The molecule has 1 N–H and O–H groups in total. The van der Waals surface area contributed by atoms with Crippen LogP contribution in [0.4, 0.5) is 4.79 Å². The van der Waals surface area contributed by atoms with Gasteiger partial charge < -0.3 is 19.5 Å². The highest BCUT2D eigenvalue weighted by Gasteiger charge is 2.30. The predicted octanol–water partition coefficient (Wildman–Crippen LogP) is 2.73. The van der Waals surface area contributed by atoms with Crippen molar-refractivity contribution in [1.29, 1.82) is 0 Å². The van der Waals surface area contributed by atoms with Crippen molar-refractivity contribution in [3.63, 3.8) is 0 Å². The van der Waals surface area contributed by atoms with E-state index in [9.17, 15) is 4.79 Å². The Labute approximate surface area is 149 Å². The van der Waals surface area contributed by atoms with Gasteiger partial charge in [0.15, 0.2) is 5.82 Å². The average molecular weight is 350 g/mol. The highest BCUT2D eigenvalue weighted by atomic mass is 16.5. The van der Waals surface area contributed by atoms with Crippen molar-refractivity contribution in [3.05, 3.63) is 11.7 Å². The van der Waals surface area contributed by atoms with Gasteiger partial charge in [0.05, 0.1) is 12.5 Å². The van der Waals surface area contributed by atoms with Crippen LogP contribution in [0, 0.1) is 5.92 Å². The summed E-state index contributed by atoms with van der Waals surface area (Å²) in [7, 11) is 0. The van der Waals surface area contributed by atoms with E-state index in [0.29, 0.717) is 31.3 Å². The molecule has 2 aliphatic rings. The molecule has 1 saturated heterocycles. The van der Waals surface area contributed by atoms with E-state index in [4.69, 9.17) is 9.26 Å².